The van der Waals surface area contributed by atoms with Crippen LogP contribution in [-0.2, 0) is 10.9 Å². The van der Waals surface area contributed by atoms with Gasteiger partial charge in [-0.15, -0.1) is 0 Å². The van der Waals surface area contributed by atoms with Crippen LogP contribution >= 0.6 is 0 Å². The monoisotopic (exact) mass is 302 g/mol. The second-order valence-electron chi connectivity index (χ2n) is 5.07. The largest absolute Gasteiger partial charge is 0.465 e. The Kier molecular flexibility index (Phi) is 4.41. The van der Waals surface area contributed by atoms with Gasteiger partial charge in [0.1, 0.15) is 0 Å². The van der Waals surface area contributed by atoms with Crippen LogP contribution in [0.25, 0.3) is 0 Å². The van der Waals surface area contributed by atoms with E-state index in [0.717, 1.165) is 26.0 Å². The summed E-state index contributed by atoms with van der Waals surface area (Å²) in [7, 11) is 1.13. The molecule has 0 aromatic heterocycles. The van der Waals surface area contributed by atoms with E-state index >= 15 is 0 Å². The van der Waals surface area contributed by atoms with Crippen molar-refractivity contribution in [2.24, 2.45) is 5.73 Å². The lowest BCUT2D eigenvalue weighted by molar-refractivity contribution is -0.137. The highest BCUT2D eigenvalue weighted by Gasteiger charge is 2.36. The van der Waals surface area contributed by atoms with Crippen molar-refractivity contribution in [3.05, 3.63) is 29.3 Å². The zero-order valence-electron chi connectivity index (χ0n) is 11.6. The normalized spacial score (nSPS) is 19.5. The number of nitrogens with zero attached hydrogens (tertiary/aromatic N) is 1. The van der Waals surface area contributed by atoms with Gasteiger partial charge in [-0.05, 0) is 31.0 Å². The number of carbonyl (C=O) groups excluding carboxylic acids is 1. The first kappa shape index (κ1) is 15.6. The Balaban J connectivity index is 2.42. The Labute approximate surface area is 120 Å². The molecule has 0 saturated carbocycles. The third-order valence-corrected chi connectivity index (χ3v) is 3.52. The fraction of sp³-hybridized carbons (Fsp3) is 0.500. The molecular weight excluding hydrogens is 285 g/mol. The van der Waals surface area contributed by atoms with Gasteiger partial charge in [-0.2, -0.15) is 13.2 Å². The van der Waals surface area contributed by atoms with E-state index < -0.39 is 17.7 Å². The van der Waals surface area contributed by atoms with E-state index in [1.807, 2.05) is 0 Å². The molecule has 116 valence electrons. The van der Waals surface area contributed by atoms with Gasteiger partial charge < -0.3 is 15.4 Å². The van der Waals surface area contributed by atoms with E-state index in [0.29, 0.717) is 13.1 Å². The summed E-state index contributed by atoms with van der Waals surface area (Å²) >= 11 is 0. The maximum Gasteiger partial charge on any atom is 0.418 e. The Morgan fingerprint density at radius 1 is 1.43 bits per heavy atom. The predicted molar refractivity (Wildman–Crippen MR) is 72.2 cm³/mol. The zero-order valence-corrected chi connectivity index (χ0v) is 11.6. The molecule has 2 rings (SSSR count). The minimum Gasteiger partial charge on any atom is -0.465 e. The summed E-state index contributed by atoms with van der Waals surface area (Å²) in [5, 5.41) is 0. The lowest BCUT2D eigenvalue weighted by Gasteiger charge is -2.34. The van der Waals surface area contributed by atoms with E-state index in [-0.39, 0.29) is 17.3 Å². The first-order valence-corrected chi connectivity index (χ1v) is 6.63. The molecular formula is C14H17F3N2O2. The summed E-state index contributed by atoms with van der Waals surface area (Å²) in [6.07, 6.45) is -2.99. The maximum atomic E-state index is 13.2. The Hall–Kier alpha value is -1.76. The predicted octanol–water partition coefficient (Wildman–Crippen LogP) is 2.42. The van der Waals surface area contributed by atoms with Crippen LogP contribution in [0.5, 0.6) is 0 Å². The molecule has 4 nitrogen and oxygen atoms in total. The van der Waals surface area contributed by atoms with Gasteiger partial charge in [0, 0.05) is 24.8 Å². The van der Waals surface area contributed by atoms with Crippen molar-refractivity contribution >= 4 is 11.7 Å². The number of hydrogen-bond acceptors (Lipinski definition) is 4. The number of anilines is 1. The van der Waals surface area contributed by atoms with Gasteiger partial charge in [-0.3, -0.25) is 0 Å². The molecule has 0 spiro atoms. The average molecular weight is 302 g/mol. The Bertz CT molecular complexity index is 531. The minimum atomic E-state index is -4.54. The fourth-order valence-corrected chi connectivity index (χ4v) is 2.51. The van der Waals surface area contributed by atoms with Crippen molar-refractivity contribution in [2.75, 3.05) is 25.1 Å². The number of halogens is 3. The topological polar surface area (TPSA) is 55.6 Å². The molecule has 7 heteroatoms. The van der Waals surface area contributed by atoms with Gasteiger partial charge in [0.15, 0.2) is 0 Å². The summed E-state index contributed by atoms with van der Waals surface area (Å²) in [6, 6.07) is 3.35. The van der Waals surface area contributed by atoms with Crippen LogP contribution in [0.15, 0.2) is 18.2 Å². The third kappa shape index (κ3) is 3.47. The van der Waals surface area contributed by atoms with Crippen LogP contribution in [0.4, 0.5) is 18.9 Å². The molecule has 0 radical (unpaired) electrons. The molecule has 2 N–H and O–H groups in total. The van der Waals surface area contributed by atoms with Gasteiger partial charge in [-0.25, -0.2) is 4.79 Å². The Morgan fingerprint density at radius 2 is 2.14 bits per heavy atom. The highest BCUT2D eigenvalue weighted by molar-refractivity contribution is 5.90. The number of piperidine rings is 1. The molecule has 1 heterocycles. The molecule has 1 aromatic rings. The van der Waals surface area contributed by atoms with Crippen molar-refractivity contribution in [1.29, 1.82) is 0 Å². The lowest BCUT2D eigenvalue weighted by Crippen LogP contribution is -2.43. The van der Waals surface area contributed by atoms with Crippen LogP contribution < -0.4 is 10.6 Å². The van der Waals surface area contributed by atoms with E-state index in [4.69, 9.17) is 5.73 Å². The SMILES string of the molecule is COC(=O)c1ccc(N2CCCC(N)C2)c(C(F)(F)F)c1. The number of rotatable bonds is 2. The smallest absolute Gasteiger partial charge is 0.418 e. The maximum absolute atomic E-state index is 13.2. The zero-order chi connectivity index (χ0) is 15.6. The standard InChI is InChI=1S/C14H17F3N2O2/c1-21-13(20)9-4-5-12(11(7-9)14(15,16)17)19-6-2-3-10(18)8-19/h4-5,7,10H,2-3,6,8,18H2,1H3. The van der Waals surface area contributed by atoms with E-state index in [2.05, 4.69) is 4.74 Å². The van der Waals surface area contributed by atoms with Crippen LogP contribution in [0, 0.1) is 0 Å². The molecule has 1 aliphatic heterocycles. The molecule has 1 unspecified atom stereocenters. The molecule has 21 heavy (non-hydrogen) atoms. The van der Waals surface area contributed by atoms with Crippen molar-refractivity contribution in [1.82, 2.24) is 0 Å². The van der Waals surface area contributed by atoms with Gasteiger partial charge in [-0.1, -0.05) is 0 Å². The summed E-state index contributed by atoms with van der Waals surface area (Å²) in [5.74, 6) is -0.789. The molecule has 0 aliphatic carbocycles. The van der Waals surface area contributed by atoms with Gasteiger partial charge in [0.25, 0.3) is 0 Å². The summed E-state index contributed by atoms with van der Waals surface area (Å²) in [5.41, 5.74) is 4.94. The molecule has 1 fully saturated rings. The van der Waals surface area contributed by atoms with Crippen molar-refractivity contribution in [3.63, 3.8) is 0 Å². The van der Waals surface area contributed by atoms with Crippen LogP contribution in [0.2, 0.25) is 0 Å². The second kappa shape index (κ2) is 5.93. The lowest BCUT2D eigenvalue weighted by atomic mass is 10.0. The fourth-order valence-electron chi connectivity index (χ4n) is 2.51. The minimum absolute atomic E-state index is 0.0605. The molecule has 1 atom stereocenters. The summed E-state index contributed by atoms with van der Waals surface area (Å²) in [6.45, 7) is 0.898. The second-order valence-corrected chi connectivity index (χ2v) is 5.07. The first-order valence-electron chi connectivity index (χ1n) is 6.63. The first-order chi connectivity index (χ1) is 9.82. The summed E-state index contributed by atoms with van der Waals surface area (Å²) < 4.78 is 44.2. The van der Waals surface area contributed by atoms with E-state index in [1.165, 1.54) is 12.1 Å². The highest BCUT2D eigenvalue weighted by atomic mass is 19.4. The average Bonchev–Trinajstić information content (AvgIpc) is 2.45. The van der Waals surface area contributed by atoms with Crippen molar-refractivity contribution in [3.8, 4) is 0 Å². The number of alkyl halides is 3. The van der Waals surface area contributed by atoms with Crippen LogP contribution in [-0.4, -0.2) is 32.2 Å². The van der Waals surface area contributed by atoms with Crippen molar-refractivity contribution in [2.45, 2.75) is 25.1 Å². The molecule has 1 aliphatic rings. The number of carbonyl (C=O) groups is 1. The van der Waals surface area contributed by atoms with Gasteiger partial charge in [0.2, 0.25) is 0 Å². The number of methoxy groups -OCH3 is 1. The molecule has 0 bridgehead atoms. The number of esters is 1. The van der Waals surface area contributed by atoms with Crippen molar-refractivity contribution < 1.29 is 22.7 Å². The van der Waals surface area contributed by atoms with Crippen LogP contribution in [0.1, 0.15) is 28.8 Å². The molecule has 0 amide bonds. The van der Waals surface area contributed by atoms with Gasteiger partial charge in [0.05, 0.1) is 18.2 Å². The molecule has 1 aromatic carbocycles. The number of hydrogen-bond donors (Lipinski definition) is 1. The third-order valence-electron chi connectivity index (χ3n) is 3.52. The van der Waals surface area contributed by atoms with Gasteiger partial charge >= 0.3 is 12.1 Å². The van der Waals surface area contributed by atoms with E-state index in [9.17, 15) is 18.0 Å². The highest BCUT2D eigenvalue weighted by Crippen LogP contribution is 2.38. The van der Waals surface area contributed by atoms with E-state index in [1.54, 1.807) is 4.90 Å². The van der Waals surface area contributed by atoms with Crippen LogP contribution in [0.3, 0.4) is 0 Å². The number of ether oxygens (including phenoxy) is 1. The number of benzene rings is 1. The quantitative estimate of drug-likeness (QED) is 0.853. The summed E-state index contributed by atoms with van der Waals surface area (Å²) in [4.78, 5) is 13.0. The molecule has 1 saturated heterocycles. The Morgan fingerprint density at radius 3 is 2.71 bits per heavy atom. The number of nitrogens with two attached hydrogens (primary N) is 1.